The Balaban J connectivity index is 2.14. The van der Waals surface area contributed by atoms with Gasteiger partial charge in [0.2, 0.25) is 0 Å². The largest absolute Gasteiger partial charge is 0.507 e. The molecule has 0 unspecified atom stereocenters. The number of benzene rings is 3. The summed E-state index contributed by atoms with van der Waals surface area (Å²) in [5.41, 5.74) is 4.32. The fourth-order valence-corrected chi connectivity index (χ4v) is 4.76. The maximum atomic E-state index is 11.0. The number of fused-ring (bicyclic) bond motifs is 2. The van der Waals surface area contributed by atoms with Crippen LogP contribution in [0.3, 0.4) is 0 Å². The Bertz CT molecular complexity index is 1120. The van der Waals surface area contributed by atoms with Crippen LogP contribution < -0.4 is 4.74 Å². The smallest absolute Gasteiger partial charge is 0.130 e. The summed E-state index contributed by atoms with van der Waals surface area (Å²) in [6, 6.07) is 8.96. The lowest BCUT2D eigenvalue weighted by molar-refractivity contribution is 0.176. The summed E-state index contributed by atoms with van der Waals surface area (Å²) < 4.78 is 5.52. The first kappa shape index (κ1) is 19.4. The quantitative estimate of drug-likeness (QED) is 0.579. The van der Waals surface area contributed by atoms with E-state index in [9.17, 15) is 15.3 Å². The van der Waals surface area contributed by atoms with E-state index in [2.05, 4.69) is 25.8 Å². The van der Waals surface area contributed by atoms with Gasteiger partial charge in [-0.05, 0) is 68.4 Å². The van der Waals surface area contributed by atoms with Gasteiger partial charge in [-0.1, -0.05) is 12.1 Å². The molecular weight excluding hydrogens is 366 g/mol. The lowest BCUT2D eigenvalue weighted by atomic mass is 9.81. The van der Waals surface area contributed by atoms with Gasteiger partial charge in [0.05, 0.1) is 12.5 Å². The number of aromatic hydroxyl groups is 3. The molecule has 0 amide bonds. The molecule has 0 aromatic heterocycles. The molecule has 0 radical (unpaired) electrons. The molecule has 0 saturated heterocycles. The average Bonchev–Trinajstić information content (AvgIpc) is 2.67. The number of rotatable bonds is 2. The second kappa shape index (κ2) is 6.85. The van der Waals surface area contributed by atoms with E-state index in [4.69, 9.17) is 4.74 Å². The predicted molar refractivity (Wildman–Crippen MR) is 115 cm³/mol. The van der Waals surface area contributed by atoms with Crippen molar-refractivity contribution in [2.24, 2.45) is 0 Å². The molecule has 1 heterocycles. The van der Waals surface area contributed by atoms with E-state index in [1.165, 1.54) is 6.07 Å². The second-order valence-electron chi connectivity index (χ2n) is 8.05. The summed E-state index contributed by atoms with van der Waals surface area (Å²) in [6.45, 7) is 6.19. The molecule has 152 valence electrons. The van der Waals surface area contributed by atoms with Gasteiger partial charge >= 0.3 is 0 Å². The molecule has 0 saturated carbocycles. The van der Waals surface area contributed by atoms with E-state index in [0.717, 1.165) is 33.2 Å². The van der Waals surface area contributed by atoms with Gasteiger partial charge in [-0.2, -0.15) is 0 Å². The number of hydrogen-bond donors (Lipinski definition) is 3. The van der Waals surface area contributed by atoms with Crippen LogP contribution in [-0.2, 0) is 6.42 Å². The highest BCUT2D eigenvalue weighted by Crippen LogP contribution is 2.50. The molecule has 4 rings (SSSR count). The Morgan fingerprint density at radius 2 is 1.72 bits per heavy atom. The Hall–Kier alpha value is -2.92. The highest BCUT2D eigenvalue weighted by atomic mass is 16.5. The molecule has 0 aliphatic carbocycles. The fraction of sp³-hybridized carbons (Fsp3) is 0.333. The number of nitrogens with zero attached hydrogens (tertiary/aromatic N) is 1. The molecule has 0 fully saturated rings. The van der Waals surface area contributed by atoms with Crippen LogP contribution in [0.1, 0.15) is 36.6 Å². The van der Waals surface area contributed by atoms with Crippen LogP contribution in [-0.4, -0.2) is 40.4 Å². The number of ether oxygens (including phenoxy) is 1. The summed E-state index contributed by atoms with van der Waals surface area (Å²) in [5.74, 6) is 0.885. The van der Waals surface area contributed by atoms with Crippen LogP contribution in [0.4, 0.5) is 0 Å². The van der Waals surface area contributed by atoms with Gasteiger partial charge in [0.25, 0.3) is 0 Å². The molecule has 3 N–H and O–H groups in total. The zero-order chi connectivity index (χ0) is 21.0. The van der Waals surface area contributed by atoms with Gasteiger partial charge in [-0.15, -0.1) is 0 Å². The number of phenolic OH excluding ortho intramolecular Hbond substituents is 3. The molecule has 2 atom stereocenters. The molecule has 3 aromatic rings. The molecular formula is C24H27NO4. The molecule has 1 aliphatic rings. The summed E-state index contributed by atoms with van der Waals surface area (Å²) in [7, 11) is 3.63. The van der Waals surface area contributed by atoms with Crippen LogP contribution in [0.15, 0.2) is 30.3 Å². The van der Waals surface area contributed by atoms with E-state index in [0.29, 0.717) is 17.6 Å². The van der Waals surface area contributed by atoms with Crippen LogP contribution in [0, 0.1) is 6.92 Å². The van der Waals surface area contributed by atoms with Crippen LogP contribution >= 0.6 is 0 Å². The minimum atomic E-state index is 0.0197. The maximum absolute atomic E-state index is 11.0. The third kappa shape index (κ3) is 2.80. The van der Waals surface area contributed by atoms with Crippen molar-refractivity contribution in [3.63, 3.8) is 0 Å². The van der Waals surface area contributed by atoms with Gasteiger partial charge < -0.3 is 20.1 Å². The minimum absolute atomic E-state index is 0.0197. The lowest BCUT2D eigenvalue weighted by Crippen LogP contribution is -2.38. The van der Waals surface area contributed by atoms with Crippen molar-refractivity contribution in [3.8, 4) is 34.1 Å². The summed E-state index contributed by atoms with van der Waals surface area (Å²) in [4.78, 5) is 2.23. The average molecular weight is 393 g/mol. The van der Waals surface area contributed by atoms with Crippen molar-refractivity contribution in [2.75, 3.05) is 14.2 Å². The van der Waals surface area contributed by atoms with E-state index in [1.807, 2.05) is 19.1 Å². The van der Waals surface area contributed by atoms with Gasteiger partial charge in [-0.25, -0.2) is 0 Å². The highest BCUT2D eigenvalue weighted by molar-refractivity contribution is 6.06. The highest BCUT2D eigenvalue weighted by Gasteiger charge is 2.33. The first-order chi connectivity index (χ1) is 13.8. The van der Waals surface area contributed by atoms with Gasteiger partial charge in [0.1, 0.15) is 23.0 Å². The zero-order valence-corrected chi connectivity index (χ0v) is 17.4. The van der Waals surface area contributed by atoms with Gasteiger partial charge in [-0.3, -0.25) is 4.90 Å². The van der Waals surface area contributed by atoms with E-state index in [1.54, 1.807) is 19.2 Å². The van der Waals surface area contributed by atoms with Crippen LogP contribution in [0.25, 0.3) is 21.9 Å². The van der Waals surface area contributed by atoms with Gasteiger partial charge in [0, 0.05) is 29.3 Å². The number of aryl methyl sites for hydroxylation is 1. The molecule has 5 nitrogen and oxygen atoms in total. The Morgan fingerprint density at radius 3 is 2.41 bits per heavy atom. The molecule has 0 spiro atoms. The minimum Gasteiger partial charge on any atom is -0.507 e. The van der Waals surface area contributed by atoms with Crippen molar-refractivity contribution in [1.29, 1.82) is 0 Å². The van der Waals surface area contributed by atoms with Crippen molar-refractivity contribution in [1.82, 2.24) is 4.90 Å². The molecule has 3 aromatic carbocycles. The molecule has 29 heavy (non-hydrogen) atoms. The van der Waals surface area contributed by atoms with E-state index < -0.39 is 0 Å². The maximum Gasteiger partial charge on any atom is 0.130 e. The van der Waals surface area contributed by atoms with Gasteiger partial charge in [0.15, 0.2) is 0 Å². The first-order valence-electron chi connectivity index (χ1n) is 9.85. The van der Waals surface area contributed by atoms with Crippen molar-refractivity contribution in [2.45, 2.75) is 39.3 Å². The summed E-state index contributed by atoms with van der Waals surface area (Å²) in [6.07, 6.45) is 0.708. The normalized spacial score (nSPS) is 19.3. The Morgan fingerprint density at radius 1 is 1.00 bits per heavy atom. The SMILES string of the molecule is COc1cc(C)c(-c2c(O)cc(O)c3c2C[C@H](C)N(C)[C@@H]3C)c2cccc(O)c12. The molecule has 1 aliphatic heterocycles. The van der Waals surface area contributed by atoms with Crippen molar-refractivity contribution >= 4 is 10.8 Å². The zero-order valence-electron chi connectivity index (χ0n) is 17.4. The molecule has 0 bridgehead atoms. The number of methoxy groups -OCH3 is 1. The first-order valence-corrected chi connectivity index (χ1v) is 9.85. The second-order valence-corrected chi connectivity index (χ2v) is 8.05. The number of hydrogen-bond acceptors (Lipinski definition) is 5. The Labute approximate surface area is 170 Å². The number of likely N-dealkylation sites (N-methyl/N-ethyl adjacent to an activating group) is 1. The summed E-state index contributed by atoms with van der Waals surface area (Å²) >= 11 is 0. The number of phenols is 3. The topological polar surface area (TPSA) is 73.2 Å². The fourth-order valence-electron chi connectivity index (χ4n) is 4.76. The van der Waals surface area contributed by atoms with Crippen molar-refractivity contribution in [3.05, 3.63) is 47.0 Å². The van der Waals surface area contributed by atoms with E-state index >= 15 is 0 Å². The summed E-state index contributed by atoms with van der Waals surface area (Å²) in [5, 5.41) is 33.5. The van der Waals surface area contributed by atoms with Crippen LogP contribution in [0.2, 0.25) is 0 Å². The lowest BCUT2D eigenvalue weighted by Gasteiger charge is -2.39. The third-order valence-corrected chi connectivity index (χ3v) is 6.43. The third-order valence-electron chi connectivity index (χ3n) is 6.43. The molecule has 5 heteroatoms. The van der Waals surface area contributed by atoms with Crippen molar-refractivity contribution < 1.29 is 20.1 Å². The van der Waals surface area contributed by atoms with E-state index in [-0.39, 0.29) is 29.3 Å². The standard InChI is InChI=1S/C24H27NO4/c1-12-9-20(29-5)23-15(7-6-8-17(23)26)21(12)24-16-10-13(2)25(4)14(3)22(16)18(27)11-19(24)28/h6-9,11,13-14,26-28H,10H2,1-5H3/t13-,14+/m0/s1. The van der Waals surface area contributed by atoms with Crippen LogP contribution in [0.5, 0.6) is 23.0 Å². The predicted octanol–water partition coefficient (Wildman–Crippen LogP) is 4.88. The Kier molecular flexibility index (Phi) is 4.58. The monoisotopic (exact) mass is 393 g/mol.